The van der Waals surface area contributed by atoms with Gasteiger partial charge < -0.3 is 21.1 Å². The summed E-state index contributed by atoms with van der Waals surface area (Å²) in [7, 11) is 0. The Hall–Kier alpha value is -3.13. The SMILES string of the molecule is Cc1ccc(-c2cnn3c(NCC4CC4)cc(NC4CCCCC4O)nc23)cc1C.O=CNC1CC1. The van der Waals surface area contributed by atoms with Crippen LogP contribution < -0.4 is 16.0 Å². The minimum atomic E-state index is -0.316. The summed E-state index contributed by atoms with van der Waals surface area (Å²) in [5, 5.41) is 24.8. The zero-order chi connectivity index (χ0) is 25.1. The lowest BCUT2D eigenvalue weighted by Gasteiger charge is -2.29. The molecule has 1 amide bonds. The van der Waals surface area contributed by atoms with E-state index in [2.05, 4.69) is 53.1 Å². The van der Waals surface area contributed by atoms with E-state index in [4.69, 9.17) is 4.98 Å². The number of rotatable bonds is 8. The van der Waals surface area contributed by atoms with Crippen LogP contribution in [-0.4, -0.2) is 50.8 Å². The van der Waals surface area contributed by atoms with E-state index in [9.17, 15) is 9.90 Å². The molecule has 4 N–H and O–H groups in total. The molecule has 0 aliphatic heterocycles. The van der Waals surface area contributed by atoms with Crippen molar-refractivity contribution in [2.45, 2.75) is 83.4 Å². The number of anilines is 2. The summed E-state index contributed by atoms with van der Waals surface area (Å²) in [5.41, 5.74) is 5.54. The first-order valence-corrected chi connectivity index (χ1v) is 13.4. The first-order valence-electron chi connectivity index (χ1n) is 13.4. The predicted octanol–water partition coefficient (Wildman–Crippen LogP) is 4.45. The van der Waals surface area contributed by atoms with Crippen molar-refractivity contribution >= 4 is 23.7 Å². The quantitative estimate of drug-likeness (QED) is 0.348. The first-order chi connectivity index (χ1) is 17.5. The average molecular weight is 491 g/mol. The Bertz CT molecular complexity index is 1200. The van der Waals surface area contributed by atoms with E-state index in [1.165, 1.54) is 36.8 Å². The smallest absolute Gasteiger partial charge is 0.207 e. The number of aryl methyl sites for hydroxylation is 2. The van der Waals surface area contributed by atoms with E-state index >= 15 is 0 Å². The number of hydrogen-bond donors (Lipinski definition) is 4. The van der Waals surface area contributed by atoms with Gasteiger partial charge in [-0.1, -0.05) is 31.0 Å². The molecule has 6 rings (SSSR count). The van der Waals surface area contributed by atoms with Crippen molar-refractivity contribution < 1.29 is 9.90 Å². The van der Waals surface area contributed by atoms with Crippen LogP contribution in [0.2, 0.25) is 0 Å². The number of carbonyl (C=O) groups excluding carboxylic acids is 1. The molecule has 3 saturated carbocycles. The molecule has 2 aromatic heterocycles. The number of nitrogens with zero attached hydrogens (tertiary/aromatic N) is 3. The molecule has 0 spiro atoms. The van der Waals surface area contributed by atoms with Gasteiger partial charge in [0.25, 0.3) is 0 Å². The Morgan fingerprint density at radius 2 is 1.86 bits per heavy atom. The van der Waals surface area contributed by atoms with E-state index in [-0.39, 0.29) is 12.1 Å². The summed E-state index contributed by atoms with van der Waals surface area (Å²) in [4.78, 5) is 14.5. The average Bonchev–Trinajstić information content (AvgIpc) is 3.81. The summed E-state index contributed by atoms with van der Waals surface area (Å²) < 4.78 is 1.91. The third kappa shape index (κ3) is 5.98. The second-order valence-corrected chi connectivity index (χ2v) is 10.6. The van der Waals surface area contributed by atoms with Gasteiger partial charge in [0.05, 0.1) is 18.3 Å². The molecule has 3 aromatic rings. The summed E-state index contributed by atoms with van der Waals surface area (Å²) in [6.07, 6.45) is 11.4. The number of aromatic nitrogens is 3. The van der Waals surface area contributed by atoms with Gasteiger partial charge in [-0.3, -0.25) is 4.79 Å². The Kier molecular flexibility index (Phi) is 7.41. The van der Waals surface area contributed by atoms with Crippen LogP contribution in [0, 0.1) is 19.8 Å². The second-order valence-electron chi connectivity index (χ2n) is 10.6. The third-order valence-corrected chi connectivity index (χ3v) is 7.50. The number of hydrogen-bond acceptors (Lipinski definition) is 6. The Morgan fingerprint density at radius 3 is 2.53 bits per heavy atom. The molecule has 36 heavy (non-hydrogen) atoms. The van der Waals surface area contributed by atoms with Crippen LogP contribution in [-0.2, 0) is 4.79 Å². The zero-order valence-corrected chi connectivity index (χ0v) is 21.3. The Labute approximate surface area is 212 Å². The van der Waals surface area contributed by atoms with E-state index < -0.39 is 0 Å². The highest BCUT2D eigenvalue weighted by atomic mass is 16.3. The molecule has 2 heterocycles. The molecule has 0 saturated heterocycles. The third-order valence-electron chi connectivity index (χ3n) is 7.50. The van der Waals surface area contributed by atoms with Crippen molar-refractivity contribution in [3.8, 4) is 11.1 Å². The number of nitrogens with one attached hydrogen (secondary N) is 3. The van der Waals surface area contributed by atoms with Crippen molar-refractivity contribution in [1.29, 1.82) is 0 Å². The fraction of sp³-hybridized carbons (Fsp3) is 0.536. The number of benzene rings is 1. The second kappa shape index (κ2) is 10.9. The van der Waals surface area contributed by atoms with Crippen LogP contribution in [0.1, 0.15) is 62.5 Å². The largest absolute Gasteiger partial charge is 0.391 e. The van der Waals surface area contributed by atoms with E-state index in [0.717, 1.165) is 73.0 Å². The van der Waals surface area contributed by atoms with E-state index in [1.807, 2.05) is 16.8 Å². The van der Waals surface area contributed by atoms with Gasteiger partial charge >= 0.3 is 0 Å². The molecule has 8 heteroatoms. The highest BCUT2D eigenvalue weighted by Crippen LogP contribution is 2.32. The normalized spacial score (nSPS) is 21.4. The fourth-order valence-corrected chi connectivity index (χ4v) is 4.66. The lowest BCUT2D eigenvalue weighted by molar-refractivity contribution is -0.109. The van der Waals surface area contributed by atoms with Crippen LogP contribution in [0.3, 0.4) is 0 Å². The van der Waals surface area contributed by atoms with Crippen LogP contribution in [0.25, 0.3) is 16.8 Å². The molecule has 0 bridgehead atoms. The van der Waals surface area contributed by atoms with Gasteiger partial charge in [-0.05, 0) is 75.0 Å². The van der Waals surface area contributed by atoms with Gasteiger partial charge in [-0.2, -0.15) is 9.61 Å². The molecule has 3 aliphatic rings. The van der Waals surface area contributed by atoms with Crippen molar-refractivity contribution in [1.82, 2.24) is 19.9 Å². The molecule has 3 fully saturated rings. The number of amides is 1. The van der Waals surface area contributed by atoms with Gasteiger partial charge in [0.1, 0.15) is 11.6 Å². The summed E-state index contributed by atoms with van der Waals surface area (Å²) in [6, 6.07) is 9.12. The molecule has 8 nitrogen and oxygen atoms in total. The lowest BCUT2D eigenvalue weighted by Crippen LogP contribution is -2.36. The Morgan fingerprint density at radius 1 is 1.06 bits per heavy atom. The molecule has 0 radical (unpaired) electrons. The van der Waals surface area contributed by atoms with Gasteiger partial charge in [0.2, 0.25) is 6.41 Å². The summed E-state index contributed by atoms with van der Waals surface area (Å²) >= 11 is 0. The molecular weight excluding hydrogens is 452 g/mol. The van der Waals surface area contributed by atoms with Gasteiger partial charge in [0.15, 0.2) is 5.65 Å². The number of fused-ring (bicyclic) bond motifs is 1. The maximum atomic E-state index is 10.4. The van der Waals surface area contributed by atoms with Crippen molar-refractivity contribution in [3.63, 3.8) is 0 Å². The number of aliphatic hydroxyl groups is 1. The van der Waals surface area contributed by atoms with Crippen LogP contribution in [0.5, 0.6) is 0 Å². The van der Waals surface area contributed by atoms with Crippen molar-refractivity contribution in [2.24, 2.45) is 5.92 Å². The highest BCUT2D eigenvalue weighted by Gasteiger charge is 2.25. The maximum absolute atomic E-state index is 10.4. The van der Waals surface area contributed by atoms with Crippen molar-refractivity contribution in [2.75, 3.05) is 17.2 Å². The topological polar surface area (TPSA) is 104 Å². The standard InChI is InChI=1S/C24H31N5O.C4H7NO/c1-15-7-10-18(11-16(15)2)19-14-26-29-23(25-13-17-8-9-17)12-22(28-24(19)29)27-20-5-3-4-6-21(20)30;6-3-5-4-1-2-4/h7,10-12,14,17,20-21,25,30H,3-6,8-9,13H2,1-2H3,(H,27,28);3-4H,1-2H2,(H,5,6). The lowest BCUT2D eigenvalue weighted by atomic mass is 9.92. The minimum absolute atomic E-state index is 0.0537. The summed E-state index contributed by atoms with van der Waals surface area (Å²) in [5.74, 6) is 2.52. The van der Waals surface area contributed by atoms with Gasteiger partial charge in [0, 0.05) is 24.2 Å². The van der Waals surface area contributed by atoms with Gasteiger partial charge in [-0.15, -0.1) is 0 Å². The monoisotopic (exact) mass is 490 g/mol. The van der Waals surface area contributed by atoms with Crippen LogP contribution in [0.4, 0.5) is 11.6 Å². The number of carbonyl (C=O) groups is 1. The highest BCUT2D eigenvalue weighted by molar-refractivity contribution is 5.80. The molecule has 192 valence electrons. The predicted molar refractivity (Wildman–Crippen MR) is 143 cm³/mol. The fourth-order valence-electron chi connectivity index (χ4n) is 4.66. The van der Waals surface area contributed by atoms with Crippen molar-refractivity contribution in [3.05, 3.63) is 41.6 Å². The Balaban J connectivity index is 0.000000391. The maximum Gasteiger partial charge on any atom is 0.207 e. The molecule has 2 atom stereocenters. The molecule has 3 aliphatic carbocycles. The number of aliphatic hydroxyl groups excluding tert-OH is 1. The van der Waals surface area contributed by atoms with E-state index in [1.54, 1.807) is 0 Å². The molecular formula is C28H38N6O2. The minimum Gasteiger partial charge on any atom is -0.391 e. The van der Waals surface area contributed by atoms with Crippen LogP contribution >= 0.6 is 0 Å². The van der Waals surface area contributed by atoms with Gasteiger partial charge in [-0.25, -0.2) is 4.98 Å². The first kappa shape index (κ1) is 24.6. The molecule has 2 unspecified atom stereocenters. The molecule has 1 aromatic carbocycles. The zero-order valence-electron chi connectivity index (χ0n) is 21.3. The summed E-state index contributed by atoms with van der Waals surface area (Å²) in [6.45, 7) is 5.23. The van der Waals surface area contributed by atoms with E-state index in [0.29, 0.717) is 6.04 Å². The van der Waals surface area contributed by atoms with Crippen LogP contribution in [0.15, 0.2) is 30.5 Å².